The minimum absolute atomic E-state index is 0.0125. The van der Waals surface area contributed by atoms with Gasteiger partial charge in [0.15, 0.2) is 5.69 Å². The number of hydrogen-bond donors (Lipinski definition) is 0. The number of piperazine rings is 1. The van der Waals surface area contributed by atoms with Gasteiger partial charge in [0, 0.05) is 26.2 Å². The van der Waals surface area contributed by atoms with E-state index in [1.807, 2.05) is 4.90 Å². The topological polar surface area (TPSA) is 73.1 Å². The Balaban J connectivity index is 1.56. The summed E-state index contributed by atoms with van der Waals surface area (Å²) >= 11 is 1.06. The van der Waals surface area contributed by atoms with Gasteiger partial charge >= 0.3 is 0 Å². The maximum Gasteiger partial charge on any atom is 0.275 e. The van der Waals surface area contributed by atoms with Gasteiger partial charge in [0.05, 0.1) is 24.0 Å². The molecule has 2 fully saturated rings. The maximum absolute atomic E-state index is 12.3. The van der Waals surface area contributed by atoms with E-state index in [0.717, 1.165) is 24.8 Å². The molecule has 3 rings (SSSR count). The van der Waals surface area contributed by atoms with Crippen LogP contribution in [0, 0.1) is 17.2 Å². The lowest BCUT2D eigenvalue weighted by Crippen LogP contribution is -2.53. The van der Waals surface area contributed by atoms with E-state index in [1.165, 1.54) is 38.3 Å². The van der Waals surface area contributed by atoms with Crippen molar-refractivity contribution in [2.45, 2.75) is 38.1 Å². The zero-order valence-electron chi connectivity index (χ0n) is 12.6. The first-order valence-corrected chi connectivity index (χ1v) is 8.73. The van der Waals surface area contributed by atoms with Crippen molar-refractivity contribution in [1.82, 2.24) is 18.5 Å². The van der Waals surface area contributed by atoms with E-state index >= 15 is 0 Å². The van der Waals surface area contributed by atoms with Crippen molar-refractivity contribution in [2.24, 2.45) is 5.92 Å². The van der Waals surface area contributed by atoms with Crippen molar-refractivity contribution in [3.63, 3.8) is 0 Å². The third kappa shape index (κ3) is 3.28. The van der Waals surface area contributed by atoms with Gasteiger partial charge in [0.2, 0.25) is 0 Å². The van der Waals surface area contributed by atoms with E-state index in [-0.39, 0.29) is 11.9 Å². The zero-order chi connectivity index (χ0) is 15.4. The highest BCUT2D eigenvalue weighted by atomic mass is 32.1. The summed E-state index contributed by atoms with van der Waals surface area (Å²) in [6.07, 6.45) is 7.66. The van der Waals surface area contributed by atoms with Crippen LogP contribution in [0.4, 0.5) is 0 Å². The van der Waals surface area contributed by atoms with Crippen LogP contribution in [0.5, 0.6) is 0 Å². The van der Waals surface area contributed by atoms with Crippen molar-refractivity contribution in [3.8, 4) is 6.07 Å². The van der Waals surface area contributed by atoms with Crippen LogP contribution in [0.25, 0.3) is 0 Å². The summed E-state index contributed by atoms with van der Waals surface area (Å²) in [4.78, 5) is 16.3. The van der Waals surface area contributed by atoms with Crippen LogP contribution < -0.4 is 0 Å². The monoisotopic (exact) mass is 319 g/mol. The summed E-state index contributed by atoms with van der Waals surface area (Å²) in [6, 6.07) is 2.53. The van der Waals surface area contributed by atoms with Gasteiger partial charge in [0.1, 0.15) is 6.04 Å². The number of nitriles is 1. The molecule has 0 bridgehead atoms. The number of carbonyl (C=O) groups excluding carboxylic acids is 1. The molecule has 118 valence electrons. The molecule has 2 aliphatic rings. The van der Waals surface area contributed by atoms with Gasteiger partial charge in [-0.15, -0.1) is 0 Å². The predicted octanol–water partition coefficient (Wildman–Crippen LogP) is 1.77. The fourth-order valence-electron chi connectivity index (χ4n) is 3.56. The highest BCUT2D eigenvalue weighted by molar-refractivity contribution is 6.99. The number of nitrogens with zero attached hydrogens (tertiary/aromatic N) is 5. The van der Waals surface area contributed by atoms with Gasteiger partial charge in [0.25, 0.3) is 5.91 Å². The summed E-state index contributed by atoms with van der Waals surface area (Å²) in [5, 5.41) is 9.57. The van der Waals surface area contributed by atoms with Crippen LogP contribution in [0.3, 0.4) is 0 Å². The van der Waals surface area contributed by atoms with Crippen LogP contribution in [-0.4, -0.2) is 56.7 Å². The normalized spacial score (nSPS) is 22.2. The molecule has 0 unspecified atom stereocenters. The Morgan fingerprint density at radius 2 is 2.00 bits per heavy atom. The standard InChI is InChI=1S/C15H21N5OS/c16-10-14(12-4-2-1-3-5-12)19-6-8-20(9-7-19)15(21)13-11-17-22-18-13/h11-12,14H,1-9H2/t14-/m1/s1. The third-order valence-corrected chi connectivity index (χ3v) is 5.28. The van der Waals surface area contributed by atoms with Crippen LogP contribution in [0.15, 0.2) is 6.20 Å². The van der Waals surface area contributed by atoms with Gasteiger partial charge < -0.3 is 4.90 Å². The molecule has 0 spiro atoms. The summed E-state index contributed by atoms with van der Waals surface area (Å²) in [6.45, 7) is 2.89. The maximum atomic E-state index is 12.3. The minimum Gasteiger partial charge on any atom is -0.335 e. The van der Waals surface area contributed by atoms with E-state index in [9.17, 15) is 10.1 Å². The molecular weight excluding hydrogens is 298 g/mol. The molecule has 1 aromatic heterocycles. The molecule has 6 nitrogen and oxygen atoms in total. The molecular formula is C15H21N5OS. The molecule has 1 saturated heterocycles. The van der Waals surface area contributed by atoms with Crippen molar-refractivity contribution < 1.29 is 4.79 Å². The lowest BCUT2D eigenvalue weighted by molar-refractivity contribution is 0.0534. The number of carbonyl (C=O) groups is 1. The van der Waals surface area contributed by atoms with E-state index < -0.39 is 0 Å². The lowest BCUT2D eigenvalue weighted by atomic mass is 9.83. The van der Waals surface area contributed by atoms with Gasteiger partial charge in [-0.2, -0.15) is 14.0 Å². The largest absolute Gasteiger partial charge is 0.335 e. The van der Waals surface area contributed by atoms with Gasteiger partial charge in [-0.05, 0) is 18.8 Å². The Labute approximate surface area is 135 Å². The quantitative estimate of drug-likeness (QED) is 0.849. The van der Waals surface area contributed by atoms with Crippen LogP contribution in [0.1, 0.15) is 42.6 Å². The first-order chi connectivity index (χ1) is 10.8. The summed E-state index contributed by atoms with van der Waals surface area (Å²) in [7, 11) is 0. The molecule has 0 aromatic carbocycles. The van der Waals surface area contributed by atoms with Gasteiger partial charge in [-0.1, -0.05) is 19.3 Å². The second kappa shape index (κ2) is 7.16. The smallest absolute Gasteiger partial charge is 0.275 e. The average molecular weight is 319 g/mol. The van der Waals surface area contributed by atoms with Gasteiger partial charge in [-0.25, -0.2) is 0 Å². The molecule has 0 radical (unpaired) electrons. The number of amides is 1. The fourth-order valence-corrected chi connectivity index (χ4v) is 3.97. The Morgan fingerprint density at radius 1 is 1.27 bits per heavy atom. The van der Waals surface area contributed by atoms with Crippen molar-refractivity contribution in [3.05, 3.63) is 11.9 Å². The number of hydrogen-bond acceptors (Lipinski definition) is 6. The Hall–Kier alpha value is -1.52. The van der Waals surface area contributed by atoms with Gasteiger partial charge in [-0.3, -0.25) is 9.69 Å². The molecule has 7 heteroatoms. The van der Waals surface area contributed by atoms with Crippen LogP contribution in [0.2, 0.25) is 0 Å². The molecule has 1 aliphatic carbocycles. The SMILES string of the molecule is N#C[C@H](C1CCCCC1)N1CCN(C(=O)c2cnsn2)CC1. The van der Waals surface area contributed by atoms with Crippen molar-refractivity contribution >= 4 is 17.6 Å². The Bertz CT molecular complexity index is 527. The summed E-state index contributed by atoms with van der Waals surface area (Å²) < 4.78 is 7.89. The Kier molecular flexibility index (Phi) is 5.01. The minimum atomic E-state index is -0.0421. The molecule has 0 N–H and O–H groups in total. The summed E-state index contributed by atoms with van der Waals surface area (Å²) in [5.41, 5.74) is 0.433. The molecule has 2 heterocycles. The average Bonchev–Trinajstić information content (AvgIpc) is 3.11. The first kappa shape index (κ1) is 15.4. The molecule has 1 amide bonds. The summed E-state index contributed by atoms with van der Waals surface area (Å²) in [5.74, 6) is 0.461. The second-order valence-electron chi connectivity index (χ2n) is 6.09. The first-order valence-electron chi connectivity index (χ1n) is 8.00. The van der Waals surface area contributed by atoms with E-state index in [1.54, 1.807) is 0 Å². The Morgan fingerprint density at radius 3 is 2.59 bits per heavy atom. The lowest BCUT2D eigenvalue weighted by Gasteiger charge is -2.40. The van der Waals surface area contributed by atoms with E-state index in [0.29, 0.717) is 24.7 Å². The van der Waals surface area contributed by atoms with Crippen LogP contribution >= 0.6 is 11.7 Å². The van der Waals surface area contributed by atoms with Crippen LogP contribution in [-0.2, 0) is 0 Å². The highest BCUT2D eigenvalue weighted by Crippen LogP contribution is 2.29. The fraction of sp³-hybridized carbons (Fsp3) is 0.733. The molecule has 1 aliphatic heterocycles. The van der Waals surface area contributed by atoms with Crippen molar-refractivity contribution in [2.75, 3.05) is 26.2 Å². The number of rotatable bonds is 3. The second-order valence-corrected chi connectivity index (χ2v) is 6.65. The predicted molar refractivity (Wildman–Crippen MR) is 83.4 cm³/mol. The highest BCUT2D eigenvalue weighted by Gasteiger charge is 2.32. The third-order valence-electron chi connectivity index (χ3n) is 4.80. The molecule has 1 saturated carbocycles. The van der Waals surface area contributed by atoms with E-state index in [4.69, 9.17) is 0 Å². The zero-order valence-corrected chi connectivity index (χ0v) is 13.5. The van der Waals surface area contributed by atoms with Crippen molar-refractivity contribution in [1.29, 1.82) is 5.26 Å². The molecule has 22 heavy (non-hydrogen) atoms. The molecule has 1 aromatic rings. The molecule has 1 atom stereocenters. The number of aromatic nitrogens is 2. The van der Waals surface area contributed by atoms with E-state index in [2.05, 4.69) is 19.7 Å².